The summed E-state index contributed by atoms with van der Waals surface area (Å²) in [5.74, 6) is 0.711. The van der Waals surface area contributed by atoms with E-state index >= 15 is 0 Å². The summed E-state index contributed by atoms with van der Waals surface area (Å²) in [7, 11) is 2.28. The van der Waals surface area contributed by atoms with E-state index in [2.05, 4.69) is 31.1 Å². The minimum atomic E-state index is 0.307. The fourth-order valence-corrected chi connectivity index (χ4v) is 3.38. The van der Waals surface area contributed by atoms with Crippen LogP contribution in [0.15, 0.2) is 0 Å². The van der Waals surface area contributed by atoms with E-state index in [4.69, 9.17) is 9.47 Å². The van der Waals surface area contributed by atoms with Gasteiger partial charge < -0.3 is 19.7 Å². The van der Waals surface area contributed by atoms with Gasteiger partial charge in [0.05, 0.1) is 6.61 Å². The zero-order chi connectivity index (χ0) is 14.4. The van der Waals surface area contributed by atoms with Gasteiger partial charge in [-0.3, -0.25) is 0 Å². The summed E-state index contributed by atoms with van der Waals surface area (Å²) in [5.41, 5.74) is 0.307. The van der Waals surface area contributed by atoms with Gasteiger partial charge in [-0.2, -0.15) is 0 Å². The van der Waals surface area contributed by atoms with Crippen LogP contribution in [-0.2, 0) is 9.47 Å². The van der Waals surface area contributed by atoms with Gasteiger partial charge in [0.15, 0.2) is 0 Å². The van der Waals surface area contributed by atoms with Gasteiger partial charge in [-0.1, -0.05) is 13.8 Å². The number of hydrogen-bond donors (Lipinski definition) is 1. The largest absolute Gasteiger partial charge is 0.381 e. The monoisotopic (exact) mass is 284 g/mol. The van der Waals surface area contributed by atoms with Gasteiger partial charge in [0.2, 0.25) is 0 Å². The van der Waals surface area contributed by atoms with Crippen molar-refractivity contribution in [3.63, 3.8) is 0 Å². The molecule has 2 fully saturated rings. The maximum absolute atomic E-state index is 5.71. The summed E-state index contributed by atoms with van der Waals surface area (Å²) in [6.45, 7) is 11.5. The molecule has 4 nitrogen and oxygen atoms in total. The highest BCUT2D eigenvalue weighted by atomic mass is 16.5. The Morgan fingerprint density at radius 2 is 1.95 bits per heavy atom. The van der Waals surface area contributed by atoms with Crippen LogP contribution >= 0.6 is 0 Å². The molecule has 0 aromatic rings. The smallest absolute Gasteiger partial charge is 0.0547 e. The van der Waals surface area contributed by atoms with Crippen LogP contribution in [0, 0.1) is 11.3 Å². The number of hydrogen-bond acceptors (Lipinski definition) is 4. The molecule has 1 atom stereocenters. The van der Waals surface area contributed by atoms with Gasteiger partial charge in [-0.25, -0.2) is 0 Å². The zero-order valence-electron chi connectivity index (χ0n) is 13.5. The lowest BCUT2D eigenvalue weighted by atomic mass is 9.85. The van der Waals surface area contributed by atoms with Crippen molar-refractivity contribution >= 4 is 0 Å². The predicted octanol–water partition coefficient (Wildman–Crippen LogP) is 1.75. The highest BCUT2D eigenvalue weighted by Crippen LogP contribution is 2.30. The van der Waals surface area contributed by atoms with Crippen molar-refractivity contribution in [3.8, 4) is 0 Å². The van der Waals surface area contributed by atoms with Crippen molar-refractivity contribution in [2.24, 2.45) is 11.3 Å². The quantitative estimate of drug-likeness (QED) is 0.772. The summed E-state index contributed by atoms with van der Waals surface area (Å²) >= 11 is 0. The van der Waals surface area contributed by atoms with Crippen molar-refractivity contribution in [1.29, 1.82) is 0 Å². The van der Waals surface area contributed by atoms with Crippen LogP contribution in [0.2, 0.25) is 0 Å². The summed E-state index contributed by atoms with van der Waals surface area (Å²) in [5, 5.41) is 3.64. The lowest BCUT2D eigenvalue weighted by Crippen LogP contribution is -2.48. The molecule has 1 N–H and O–H groups in total. The van der Waals surface area contributed by atoms with Crippen LogP contribution in [0.3, 0.4) is 0 Å². The van der Waals surface area contributed by atoms with Crippen LogP contribution in [0.4, 0.5) is 0 Å². The fraction of sp³-hybridized carbons (Fsp3) is 1.00. The van der Waals surface area contributed by atoms with Crippen molar-refractivity contribution in [2.45, 2.75) is 39.2 Å². The predicted molar refractivity (Wildman–Crippen MR) is 82.0 cm³/mol. The van der Waals surface area contributed by atoms with Gasteiger partial charge in [0.1, 0.15) is 0 Å². The fourth-order valence-electron chi connectivity index (χ4n) is 3.38. The Morgan fingerprint density at radius 1 is 1.20 bits per heavy atom. The molecular weight excluding hydrogens is 252 g/mol. The highest BCUT2D eigenvalue weighted by molar-refractivity contribution is 4.89. The molecule has 0 aliphatic carbocycles. The molecule has 0 saturated carbocycles. The second kappa shape index (κ2) is 7.74. The van der Waals surface area contributed by atoms with Gasteiger partial charge in [-0.05, 0) is 38.8 Å². The number of nitrogens with one attached hydrogen (secondary N) is 1. The standard InChI is InChI=1S/C16H32N2O2/c1-14(2)10-17-11-16(6-9-20-13-16)12-18(3)15-4-7-19-8-5-15/h14-15,17H,4-13H2,1-3H3. The van der Waals surface area contributed by atoms with Crippen molar-refractivity contribution in [3.05, 3.63) is 0 Å². The Bertz CT molecular complexity index is 272. The van der Waals surface area contributed by atoms with Crippen LogP contribution < -0.4 is 5.32 Å². The Hall–Kier alpha value is -0.160. The molecule has 1 unspecified atom stereocenters. The first-order chi connectivity index (χ1) is 9.61. The molecule has 2 rings (SSSR count). The molecule has 2 heterocycles. The maximum atomic E-state index is 5.71. The molecule has 2 saturated heterocycles. The van der Waals surface area contributed by atoms with E-state index in [0.717, 1.165) is 46.1 Å². The molecule has 0 aromatic carbocycles. The van der Waals surface area contributed by atoms with E-state index in [1.54, 1.807) is 0 Å². The third-order valence-electron chi connectivity index (χ3n) is 4.64. The van der Waals surface area contributed by atoms with Crippen molar-refractivity contribution in [1.82, 2.24) is 10.2 Å². The third kappa shape index (κ3) is 4.69. The van der Waals surface area contributed by atoms with Crippen LogP contribution in [-0.4, -0.2) is 64.1 Å². The van der Waals surface area contributed by atoms with E-state index in [9.17, 15) is 0 Å². The van der Waals surface area contributed by atoms with E-state index in [1.807, 2.05) is 0 Å². The molecule has 0 bridgehead atoms. The van der Waals surface area contributed by atoms with E-state index in [-0.39, 0.29) is 0 Å². The first kappa shape index (κ1) is 16.2. The van der Waals surface area contributed by atoms with Crippen molar-refractivity contribution < 1.29 is 9.47 Å². The lowest BCUT2D eigenvalue weighted by Gasteiger charge is -2.38. The minimum absolute atomic E-state index is 0.307. The maximum Gasteiger partial charge on any atom is 0.0547 e. The number of ether oxygens (including phenoxy) is 2. The molecule has 4 heteroatoms. The lowest BCUT2D eigenvalue weighted by molar-refractivity contribution is 0.0244. The second-order valence-electron chi connectivity index (χ2n) is 7.09. The van der Waals surface area contributed by atoms with Gasteiger partial charge in [-0.15, -0.1) is 0 Å². The highest BCUT2D eigenvalue weighted by Gasteiger charge is 2.37. The molecule has 2 aliphatic rings. The summed E-state index contributed by atoms with van der Waals surface area (Å²) in [6.07, 6.45) is 3.53. The third-order valence-corrected chi connectivity index (χ3v) is 4.64. The summed E-state index contributed by atoms with van der Waals surface area (Å²) < 4.78 is 11.2. The van der Waals surface area contributed by atoms with Gasteiger partial charge >= 0.3 is 0 Å². The zero-order valence-corrected chi connectivity index (χ0v) is 13.5. The molecule has 0 radical (unpaired) electrons. The van der Waals surface area contributed by atoms with Crippen LogP contribution in [0.25, 0.3) is 0 Å². The van der Waals surface area contributed by atoms with Crippen LogP contribution in [0.1, 0.15) is 33.1 Å². The first-order valence-electron chi connectivity index (χ1n) is 8.18. The molecular formula is C16H32N2O2. The normalized spacial score (nSPS) is 28.6. The summed E-state index contributed by atoms with van der Waals surface area (Å²) in [4.78, 5) is 2.55. The molecule has 0 aromatic heterocycles. The minimum Gasteiger partial charge on any atom is -0.381 e. The first-order valence-corrected chi connectivity index (χ1v) is 8.18. The molecule has 118 valence electrons. The Morgan fingerprint density at radius 3 is 2.55 bits per heavy atom. The number of rotatable bonds is 7. The van der Waals surface area contributed by atoms with Crippen LogP contribution in [0.5, 0.6) is 0 Å². The second-order valence-corrected chi connectivity index (χ2v) is 7.09. The Labute approximate surface area is 124 Å². The average Bonchev–Trinajstić information content (AvgIpc) is 2.88. The Kier molecular flexibility index (Phi) is 6.27. The van der Waals surface area contributed by atoms with Crippen molar-refractivity contribution in [2.75, 3.05) is 53.1 Å². The topological polar surface area (TPSA) is 33.7 Å². The average molecular weight is 284 g/mol. The molecule has 0 amide bonds. The van der Waals surface area contributed by atoms with Gasteiger partial charge in [0.25, 0.3) is 0 Å². The van der Waals surface area contributed by atoms with Gasteiger partial charge in [0, 0.05) is 44.4 Å². The molecule has 2 aliphatic heterocycles. The van der Waals surface area contributed by atoms with E-state index < -0.39 is 0 Å². The Balaban J connectivity index is 1.83. The molecule has 0 spiro atoms. The van der Waals surface area contributed by atoms with E-state index in [0.29, 0.717) is 17.4 Å². The SMILES string of the molecule is CC(C)CNCC1(CN(C)C2CCOCC2)CCOC1. The summed E-state index contributed by atoms with van der Waals surface area (Å²) in [6, 6.07) is 0.686. The number of nitrogens with zero attached hydrogens (tertiary/aromatic N) is 1. The molecule has 20 heavy (non-hydrogen) atoms. The van der Waals surface area contributed by atoms with E-state index in [1.165, 1.54) is 19.3 Å².